The molecule has 0 radical (unpaired) electrons. The molecule has 0 bridgehead atoms. The van der Waals surface area contributed by atoms with Crippen LogP contribution in [0.4, 0.5) is 0 Å². The van der Waals surface area contributed by atoms with Crippen molar-refractivity contribution in [3.63, 3.8) is 0 Å². The van der Waals surface area contributed by atoms with Gasteiger partial charge in [-0.1, -0.05) is 0 Å². The summed E-state index contributed by atoms with van der Waals surface area (Å²) in [4.78, 5) is 15.7. The number of rotatable bonds is 1. The molecule has 6 heteroatoms. The maximum Gasteiger partial charge on any atom is 0.197 e. The highest BCUT2D eigenvalue weighted by molar-refractivity contribution is 5.64. The summed E-state index contributed by atoms with van der Waals surface area (Å²) in [6, 6.07) is 0. The van der Waals surface area contributed by atoms with Gasteiger partial charge in [0.1, 0.15) is 11.9 Å². The summed E-state index contributed by atoms with van der Waals surface area (Å²) in [6.07, 6.45) is 3.26. The van der Waals surface area contributed by atoms with Crippen LogP contribution in [0, 0.1) is 0 Å². The zero-order valence-corrected chi connectivity index (χ0v) is 8.10. The Morgan fingerprint density at radius 3 is 3.07 bits per heavy atom. The van der Waals surface area contributed by atoms with E-state index in [1.165, 1.54) is 0 Å². The van der Waals surface area contributed by atoms with E-state index in [0.29, 0.717) is 17.9 Å². The molecular formula is C9H11N5O. The smallest absolute Gasteiger partial charge is 0.197 e. The van der Waals surface area contributed by atoms with E-state index >= 15 is 0 Å². The third kappa shape index (κ3) is 1.57. The third-order valence-electron chi connectivity index (χ3n) is 2.38. The van der Waals surface area contributed by atoms with Gasteiger partial charge in [-0.2, -0.15) is 0 Å². The van der Waals surface area contributed by atoms with Crippen molar-refractivity contribution in [2.75, 3.05) is 19.7 Å². The summed E-state index contributed by atoms with van der Waals surface area (Å²) in [6.45, 7) is 2.38. The number of aromatic nitrogens is 4. The summed E-state index contributed by atoms with van der Waals surface area (Å²) < 4.78 is 5.58. The number of nitrogens with one attached hydrogen (secondary N) is 2. The Balaban J connectivity index is 1.96. The summed E-state index contributed by atoms with van der Waals surface area (Å²) in [5.41, 5.74) is 1.35. The number of aromatic amines is 1. The number of ether oxygens (including phenoxy) is 1. The maximum absolute atomic E-state index is 5.58. The van der Waals surface area contributed by atoms with Crippen molar-refractivity contribution in [3.05, 3.63) is 18.2 Å². The predicted octanol–water partition coefficient (Wildman–Crippen LogP) is 0.0138. The minimum Gasteiger partial charge on any atom is -0.368 e. The standard InChI is InChI=1S/C9H11N5O/c1-2-12-9-8(11-1)13-7(14-9)6-5-10-3-4-15-6/h1-2,6,10H,3-5H2,(H,11,12,13,14). The largest absolute Gasteiger partial charge is 0.368 e. The molecule has 0 aliphatic carbocycles. The highest BCUT2D eigenvalue weighted by Gasteiger charge is 2.19. The second-order valence-electron chi connectivity index (χ2n) is 3.41. The average molecular weight is 205 g/mol. The lowest BCUT2D eigenvalue weighted by molar-refractivity contribution is 0.0228. The Kier molecular flexibility index (Phi) is 2.08. The molecule has 3 heterocycles. The molecule has 78 valence electrons. The Labute approximate surface area is 86.1 Å². The molecule has 2 aromatic rings. The fraction of sp³-hybridized carbons (Fsp3) is 0.444. The molecule has 15 heavy (non-hydrogen) atoms. The van der Waals surface area contributed by atoms with Crippen molar-refractivity contribution in [3.8, 4) is 0 Å². The van der Waals surface area contributed by atoms with Crippen molar-refractivity contribution >= 4 is 11.3 Å². The first kappa shape index (κ1) is 8.75. The quantitative estimate of drug-likeness (QED) is 0.686. The molecule has 3 rings (SSSR count). The molecule has 0 spiro atoms. The predicted molar refractivity (Wildman–Crippen MR) is 53.2 cm³/mol. The van der Waals surface area contributed by atoms with Crippen LogP contribution < -0.4 is 5.32 Å². The first-order valence-electron chi connectivity index (χ1n) is 4.92. The molecule has 1 aliphatic rings. The van der Waals surface area contributed by atoms with Crippen LogP contribution in [0.2, 0.25) is 0 Å². The van der Waals surface area contributed by atoms with Crippen LogP contribution in [-0.4, -0.2) is 39.6 Å². The summed E-state index contributed by atoms with van der Waals surface area (Å²) in [5.74, 6) is 0.795. The van der Waals surface area contributed by atoms with Crippen molar-refractivity contribution < 1.29 is 4.74 Å². The molecule has 6 nitrogen and oxygen atoms in total. The van der Waals surface area contributed by atoms with Crippen molar-refractivity contribution in [2.45, 2.75) is 6.10 Å². The normalized spacial score (nSPS) is 22.0. The molecule has 0 aromatic carbocycles. The minimum atomic E-state index is -0.0188. The summed E-state index contributed by atoms with van der Waals surface area (Å²) >= 11 is 0. The zero-order chi connectivity index (χ0) is 10.1. The number of nitrogens with zero attached hydrogens (tertiary/aromatic N) is 3. The Morgan fingerprint density at radius 1 is 1.33 bits per heavy atom. The molecule has 1 atom stereocenters. The summed E-state index contributed by atoms with van der Waals surface area (Å²) in [5, 5.41) is 3.25. The van der Waals surface area contributed by atoms with Crippen LogP contribution in [0.3, 0.4) is 0 Å². The number of H-pyrrole nitrogens is 1. The van der Waals surface area contributed by atoms with Crippen LogP contribution in [0.15, 0.2) is 12.4 Å². The third-order valence-corrected chi connectivity index (χ3v) is 2.38. The fourth-order valence-electron chi connectivity index (χ4n) is 1.66. The maximum atomic E-state index is 5.58. The zero-order valence-electron chi connectivity index (χ0n) is 8.10. The lowest BCUT2D eigenvalue weighted by Gasteiger charge is -2.21. The van der Waals surface area contributed by atoms with Gasteiger partial charge >= 0.3 is 0 Å². The van der Waals surface area contributed by atoms with E-state index < -0.39 is 0 Å². The number of hydrogen-bond acceptors (Lipinski definition) is 5. The van der Waals surface area contributed by atoms with E-state index in [9.17, 15) is 0 Å². The molecule has 2 aromatic heterocycles. The van der Waals surface area contributed by atoms with E-state index in [-0.39, 0.29) is 6.10 Å². The molecule has 1 saturated heterocycles. The second-order valence-corrected chi connectivity index (χ2v) is 3.41. The fourth-order valence-corrected chi connectivity index (χ4v) is 1.66. The second kappa shape index (κ2) is 3.56. The van der Waals surface area contributed by atoms with Gasteiger partial charge in [0, 0.05) is 25.5 Å². The molecule has 0 amide bonds. The topological polar surface area (TPSA) is 75.7 Å². The lowest BCUT2D eigenvalue weighted by atomic mass is 10.3. The lowest BCUT2D eigenvalue weighted by Crippen LogP contribution is -2.33. The van der Waals surface area contributed by atoms with Gasteiger partial charge < -0.3 is 15.0 Å². The molecule has 1 fully saturated rings. The van der Waals surface area contributed by atoms with E-state index in [2.05, 4.69) is 25.3 Å². The van der Waals surface area contributed by atoms with E-state index in [0.717, 1.165) is 18.9 Å². The highest BCUT2D eigenvalue weighted by Crippen LogP contribution is 2.17. The van der Waals surface area contributed by atoms with Crippen LogP contribution >= 0.6 is 0 Å². The van der Waals surface area contributed by atoms with Gasteiger partial charge in [-0.25, -0.2) is 15.0 Å². The van der Waals surface area contributed by atoms with Gasteiger partial charge in [0.2, 0.25) is 0 Å². The van der Waals surface area contributed by atoms with Crippen molar-refractivity contribution in [1.82, 2.24) is 25.3 Å². The number of imidazole rings is 1. The molecule has 1 aliphatic heterocycles. The molecule has 2 N–H and O–H groups in total. The van der Waals surface area contributed by atoms with Crippen molar-refractivity contribution in [1.29, 1.82) is 0 Å². The van der Waals surface area contributed by atoms with Gasteiger partial charge in [0.15, 0.2) is 11.3 Å². The van der Waals surface area contributed by atoms with Crippen LogP contribution in [0.25, 0.3) is 11.3 Å². The van der Waals surface area contributed by atoms with Crippen LogP contribution in [0.1, 0.15) is 11.9 Å². The number of fused-ring (bicyclic) bond motifs is 1. The first-order chi connectivity index (χ1) is 7.43. The minimum absolute atomic E-state index is 0.0188. The highest BCUT2D eigenvalue weighted by atomic mass is 16.5. The Morgan fingerprint density at radius 2 is 2.27 bits per heavy atom. The average Bonchev–Trinajstić information content (AvgIpc) is 2.74. The molecule has 0 saturated carbocycles. The van der Waals surface area contributed by atoms with E-state index in [1.54, 1.807) is 12.4 Å². The monoisotopic (exact) mass is 205 g/mol. The Hall–Kier alpha value is -1.53. The van der Waals surface area contributed by atoms with Crippen LogP contribution in [0.5, 0.6) is 0 Å². The molecule has 1 unspecified atom stereocenters. The number of hydrogen-bond donors (Lipinski definition) is 2. The van der Waals surface area contributed by atoms with Gasteiger partial charge in [-0.15, -0.1) is 0 Å². The Bertz CT molecular complexity index is 429. The first-order valence-corrected chi connectivity index (χ1v) is 4.92. The summed E-state index contributed by atoms with van der Waals surface area (Å²) in [7, 11) is 0. The van der Waals surface area contributed by atoms with E-state index in [1.807, 2.05) is 0 Å². The van der Waals surface area contributed by atoms with E-state index in [4.69, 9.17) is 4.74 Å². The molecular weight excluding hydrogens is 194 g/mol. The van der Waals surface area contributed by atoms with Gasteiger partial charge in [0.05, 0.1) is 6.61 Å². The number of morpholine rings is 1. The van der Waals surface area contributed by atoms with Gasteiger partial charge in [0.25, 0.3) is 0 Å². The SMILES string of the molecule is c1cnc2[nH]c(C3CNCCO3)nc2n1. The van der Waals surface area contributed by atoms with Gasteiger partial charge in [-0.05, 0) is 0 Å². The van der Waals surface area contributed by atoms with Crippen LogP contribution in [-0.2, 0) is 4.74 Å². The van der Waals surface area contributed by atoms with Crippen molar-refractivity contribution in [2.24, 2.45) is 0 Å². The van der Waals surface area contributed by atoms with Gasteiger partial charge in [-0.3, -0.25) is 0 Å².